The van der Waals surface area contributed by atoms with E-state index < -0.39 is 5.82 Å². The van der Waals surface area contributed by atoms with E-state index in [0.717, 1.165) is 5.56 Å². The van der Waals surface area contributed by atoms with E-state index in [1.54, 1.807) is 12.1 Å². The Balaban J connectivity index is 2.28. The van der Waals surface area contributed by atoms with Gasteiger partial charge in [0.1, 0.15) is 5.82 Å². The Hall–Kier alpha value is -1.38. The first-order valence-corrected chi connectivity index (χ1v) is 6.46. The molecule has 0 radical (unpaired) electrons. The van der Waals surface area contributed by atoms with Crippen LogP contribution in [0.5, 0.6) is 0 Å². The van der Waals surface area contributed by atoms with Gasteiger partial charge in [0.25, 0.3) is 0 Å². The van der Waals surface area contributed by atoms with Crippen molar-refractivity contribution in [3.05, 3.63) is 69.0 Å². The number of Topliss-reactive ketones (excluding diaryl/α,β-unsaturated/α-hetero) is 1. The topological polar surface area (TPSA) is 17.1 Å². The average Bonchev–Trinajstić information content (AvgIpc) is 2.33. The molecule has 0 aliphatic carbocycles. The molecule has 0 amide bonds. The minimum Gasteiger partial charge on any atom is -0.294 e. The minimum absolute atomic E-state index is 0.0272. The molecule has 0 aromatic heterocycles. The van der Waals surface area contributed by atoms with E-state index in [0.29, 0.717) is 21.2 Å². The van der Waals surface area contributed by atoms with Gasteiger partial charge in [-0.05, 0) is 48.4 Å². The van der Waals surface area contributed by atoms with Crippen LogP contribution in [0.15, 0.2) is 36.4 Å². The molecule has 0 atom stereocenters. The molecule has 98 valence electrons. The molecular weight excluding hydrogens is 286 g/mol. The van der Waals surface area contributed by atoms with Crippen molar-refractivity contribution in [2.75, 3.05) is 0 Å². The molecule has 0 fully saturated rings. The summed E-state index contributed by atoms with van der Waals surface area (Å²) in [5.74, 6) is -0.597. The molecule has 0 unspecified atom stereocenters. The van der Waals surface area contributed by atoms with Gasteiger partial charge >= 0.3 is 0 Å². The molecule has 1 nitrogen and oxygen atoms in total. The molecule has 0 saturated heterocycles. The SMILES string of the molecule is Cc1ccc(C(=O)Cc2cc(F)ccc2Cl)c(Cl)c1. The second-order valence-corrected chi connectivity index (χ2v) is 5.13. The lowest BCUT2D eigenvalue weighted by Crippen LogP contribution is -2.05. The van der Waals surface area contributed by atoms with Gasteiger partial charge in [-0.1, -0.05) is 29.3 Å². The Morgan fingerprint density at radius 3 is 2.53 bits per heavy atom. The first kappa shape index (κ1) is 14.0. The van der Waals surface area contributed by atoms with Crippen LogP contribution in [0.1, 0.15) is 21.5 Å². The molecule has 2 aromatic rings. The van der Waals surface area contributed by atoms with Crippen molar-refractivity contribution in [2.24, 2.45) is 0 Å². The van der Waals surface area contributed by atoms with Gasteiger partial charge in [0.05, 0.1) is 5.02 Å². The van der Waals surface area contributed by atoms with E-state index in [2.05, 4.69) is 0 Å². The lowest BCUT2D eigenvalue weighted by molar-refractivity contribution is 0.0993. The second kappa shape index (κ2) is 5.72. The molecule has 0 aliphatic rings. The van der Waals surface area contributed by atoms with E-state index >= 15 is 0 Å². The van der Waals surface area contributed by atoms with Crippen LogP contribution in [-0.4, -0.2) is 5.78 Å². The van der Waals surface area contributed by atoms with E-state index in [-0.39, 0.29) is 12.2 Å². The summed E-state index contributed by atoms with van der Waals surface area (Å²) in [6.45, 7) is 1.89. The Morgan fingerprint density at radius 2 is 1.84 bits per heavy atom. The number of aryl methyl sites for hydroxylation is 1. The van der Waals surface area contributed by atoms with Gasteiger partial charge < -0.3 is 0 Å². The third kappa shape index (κ3) is 3.34. The Kier molecular flexibility index (Phi) is 4.23. The van der Waals surface area contributed by atoms with Gasteiger partial charge in [-0.25, -0.2) is 4.39 Å². The summed E-state index contributed by atoms with van der Waals surface area (Å²) in [4.78, 5) is 12.1. The third-order valence-corrected chi connectivity index (χ3v) is 3.47. The van der Waals surface area contributed by atoms with Gasteiger partial charge in [-0.3, -0.25) is 4.79 Å². The fraction of sp³-hybridized carbons (Fsp3) is 0.133. The van der Waals surface area contributed by atoms with Crippen LogP contribution in [0.3, 0.4) is 0 Å². The van der Waals surface area contributed by atoms with Crippen LogP contribution in [0.2, 0.25) is 10.0 Å². The Labute approximate surface area is 121 Å². The summed E-state index contributed by atoms with van der Waals surface area (Å²) < 4.78 is 13.1. The molecule has 4 heteroatoms. The smallest absolute Gasteiger partial charge is 0.168 e. The van der Waals surface area contributed by atoms with E-state index in [4.69, 9.17) is 23.2 Å². The first-order valence-electron chi connectivity index (χ1n) is 5.70. The highest BCUT2D eigenvalue weighted by atomic mass is 35.5. The number of carbonyl (C=O) groups excluding carboxylic acids is 1. The monoisotopic (exact) mass is 296 g/mol. The molecule has 0 aliphatic heterocycles. The molecule has 0 spiro atoms. The predicted molar refractivity (Wildman–Crippen MR) is 75.6 cm³/mol. The van der Waals surface area contributed by atoms with Crippen molar-refractivity contribution < 1.29 is 9.18 Å². The van der Waals surface area contributed by atoms with Crippen molar-refractivity contribution in [1.29, 1.82) is 0 Å². The lowest BCUT2D eigenvalue weighted by atomic mass is 10.0. The van der Waals surface area contributed by atoms with Crippen LogP contribution in [0.25, 0.3) is 0 Å². The Bertz CT molecular complexity index is 638. The maximum absolute atomic E-state index is 13.1. The molecule has 0 heterocycles. The number of ketones is 1. The molecule has 19 heavy (non-hydrogen) atoms. The summed E-state index contributed by atoms with van der Waals surface area (Å²) in [5, 5.41) is 0.774. The second-order valence-electron chi connectivity index (χ2n) is 4.32. The number of benzene rings is 2. The largest absolute Gasteiger partial charge is 0.294 e. The van der Waals surface area contributed by atoms with Crippen LogP contribution in [-0.2, 0) is 6.42 Å². The van der Waals surface area contributed by atoms with Crippen molar-refractivity contribution >= 4 is 29.0 Å². The van der Waals surface area contributed by atoms with E-state index in [9.17, 15) is 9.18 Å². The predicted octanol–water partition coefficient (Wildman–Crippen LogP) is 4.87. The van der Waals surface area contributed by atoms with Gasteiger partial charge in [0.15, 0.2) is 5.78 Å². The van der Waals surface area contributed by atoms with Crippen molar-refractivity contribution in [3.8, 4) is 0 Å². The Morgan fingerprint density at radius 1 is 1.11 bits per heavy atom. The van der Waals surface area contributed by atoms with Gasteiger partial charge in [-0.2, -0.15) is 0 Å². The van der Waals surface area contributed by atoms with Gasteiger partial charge in [0.2, 0.25) is 0 Å². The van der Waals surface area contributed by atoms with Gasteiger partial charge in [-0.15, -0.1) is 0 Å². The van der Waals surface area contributed by atoms with E-state index in [1.807, 2.05) is 13.0 Å². The summed E-state index contributed by atoms with van der Waals surface area (Å²) in [7, 11) is 0. The van der Waals surface area contributed by atoms with Crippen LogP contribution in [0, 0.1) is 12.7 Å². The van der Waals surface area contributed by atoms with Crippen molar-refractivity contribution in [1.82, 2.24) is 0 Å². The summed E-state index contributed by atoms with van der Waals surface area (Å²) in [5.41, 5.74) is 1.86. The molecule has 0 saturated carbocycles. The zero-order chi connectivity index (χ0) is 14.0. The fourth-order valence-electron chi connectivity index (χ4n) is 1.79. The van der Waals surface area contributed by atoms with Crippen LogP contribution in [0.4, 0.5) is 4.39 Å². The zero-order valence-corrected chi connectivity index (χ0v) is 11.7. The van der Waals surface area contributed by atoms with E-state index in [1.165, 1.54) is 18.2 Å². The van der Waals surface area contributed by atoms with Gasteiger partial charge in [0, 0.05) is 17.0 Å². The van der Waals surface area contributed by atoms with Crippen molar-refractivity contribution in [2.45, 2.75) is 13.3 Å². The maximum atomic E-state index is 13.1. The quantitative estimate of drug-likeness (QED) is 0.739. The number of rotatable bonds is 3. The fourth-order valence-corrected chi connectivity index (χ4v) is 2.32. The van der Waals surface area contributed by atoms with Crippen LogP contribution >= 0.6 is 23.2 Å². The summed E-state index contributed by atoms with van der Waals surface area (Å²) in [6.07, 6.45) is 0.0272. The standard InChI is InChI=1S/C15H11Cl2FO/c1-9-2-4-12(14(17)6-9)15(19)8-10-7-11(18)3-5-13(10)16/h2-7H,8H2,1H3. The highest BCUT2D eigenvalue weighted by Crippen LogP contribution is 2.23. The molecular formula is C15H11Cl2FO. The number of halogens is 3. The molecule has 2 aromatic carbocycles. The number of hydrogen-bond acceptors (Lipinski definition) is 1. The molecule has 0 bridgehead atoms. The molecule has 0 N–H and O–H groups in total. The maximum Gasteiger partial charge on any atom is 0.168 e. The lowest BCUT2D eigenvalue weighted by Gasteiger charge is -2.06. The first-order chi connectivity index (χ1) is 8.97. The van der Waals surface area contributed by atoms with Crippen LogP contribution < -0.4 is 0 Å². The summed E-state index contributed by atoms with van der Waals surface area (Å²) in [6, 6.07) is 9.18. The minimum atomic E-state index is -0.415. The summed E-state index contributed by atoms with van der Waals surface area (Å²) >= 11 is 12.0. The highest BCUT2D eigenvalue weighted by Gasteiger charge is 2.13. The highest BCUT2D eigenvalue weighted by molar-refractivity contribution is 6.34. The number of carbonyl (C=O) groups is 1. The third-order valence-electron chi connectivity index (χ3n) is 2.78. The van der Waals surface area contributed by atoms with Crippen molar-refractivity contribution in [3.63, 3.8) is 0 Å². The average molecular weight is 297 g/mol. The normalized spacial score (nSPS) is 10.5. The zero-order valence-electron chi connectivity index (χ0n) is 10.2. The number of hydrogen-bond donors (Lipinski definition) is 0. The molecule has 2 rings (SSSR count).